The number of nitrogens with one attached hydrogen (secondary N) is 1. The van der Waals surface area contributed by atoms with Crippen LogP contribution in [0.5, 0.6) is 0 Å². The molecule has 0 saturated heterocycles. The largest absolute Gasteiger partial charge is 0.450 e. The van der Waals surface area contributed by atoms with Crippen molar-refractivity contribution in [2.75, 3.05) is 6.54 Å². The number of amides is 1. The van der Waals surface area contributed by atoms with Crippen LogP contribution in [0.25, 0.3) is 11.0 Å². The molecule has 4 nitrogen and oxygen atoms in total. The van der Waals surface area contributed by atoms with Gasteiger partial charge < -0.3 is 15.5 Å². The van der Waals surface area contributed by atoms with Gasteiger partial charge >= 0.3 is 0 Å². The third-order valence-electron chi connectivity index (χ3n) is 3.33. The van der Waals surface area contributed by atoms with Crippen LogP contribution in [-0.2, 0) is 0 Å². The van der Waals surface area contributed by atoms with Crippen molar-refractivity contribution in [3.8, 4) is 0 Å². The zero-order chi connectivity index (χ0) is 14.2. The molecule has 102 valence electrons. The summed E-state index contributed by atoms with van der Waals surface area (Å²) in [4.78, 5) is 12.3. The predicted molar refractivity (Wildman–Crippen MR) is 76.3 cm³/mol. The molecule has 0 spiro atoms. The average Bonchev–Trinajstić information content (AvgIpc) is 2.68. The normalized spacial score (nSPS) is 11.8. The molecule has 0 bridgehead atoms. The van der Waals surface area contributed by atoms with Gasteiger partial charge in [-0.25, -0.2) is 0 Å². The second kappa shape index (κ2) is 4.70. The molecule has 2 aromatic rings. The van der Waals surface area contributed by atoms with E-state index in [0.717, 1.165) is 22.1 Å². The van der Waals surface area contributed by atoms with Gasteiger partial charge in [-0.1, -0.05) is 18.2 Å². The summed E-state index contributed by atoms with van der Waals surface area (Å²) in [6.45, 7) is 8.01. The first-order chi connectivity index (χ1) is 8.85. The Morgan fingerprint density at radius 2 is 2.05 bits per heavy atom. The zero-order valence-corrected chi connectivity index (χ0v) is 11.8. The topological polar surface area (TPSA) is 68.3 Å². The second-order valence-corrected chi connectivity index (χ2v) is 5.55. The first-order valence-corrected chi connectivity index (χ1v) is 6.37. The van der Waals surface area contributed by atoms with Crippen LogP contribution in [-0.4, -0.2) is 18.0 Å². The van der Waals surface area contributed by atoms with Crippen molar-refractivity contribution in [1.82, 2.24) is 5.32 Å². The highest BCUT2D eigenvalue weighted by molar-refractivity contribution is 5.99. The van der Waals surface area contributed by atoms with E-state index in [1.165, 1.54) is 0 Å². The molecule has 0 unspecified atom stereocenters. The molecule has 1 aromatic heterocycles. The number of carbonyl (C=O) groups is 1. The monoisotopic (exact) mass is 260 g/mol. The van der Waals surface area contributed by atoms with Crippen molar-refractivity contribution in [2.24, 2.45) is 5.73 Å². The van der Waals surface area contributed by atoms with E-state index in [4.69, 9.17) is 10.2 Å². The standard InChI is InChI=1S/C15H20N2O2/c1-9-6-5-7-11-10(2)13(19-12(9)11)14(18)17-15(3,4)8-16/h5-7H,8,16H2,1-4H3,(H,17,18). The van der Waals surface area contributed by atoms with Crippen LogP contribution in [0.3, 0.4) is 0 Å². The van der Waals surface area contributed by atoms with Crippen molar-refractivity contribution in [3.63, 3.8) is 0 Å². The van der Waals surface area contributed by atoms with Crippen LogP contribution in [0.2, 0.25) is 0 Å². The Morgan fingerprint density at radius 1 is 1.37 bits per heavy atom. The van der Waals surface area contributed by atoms with Crippen LogP contribution in [0.15, 0.2) is 22.6 Å². The number of carbonyl (C=O) groups excluding carboxylic acids is 1. The van der Waals surface area contributed by atoms with Crippen molar-refractivity contribution in [2.45, 2.75) is 33.2 Å². The molecule has 0 atom stereocenters. The Bertz CT molecular complexity index is 626. The van der Waals surface area contributed by atoms with Gasteiger partial charge in [0.2, 0.25) is 0 Å². The Hall–Kier alpha value is -1.81. The van der Waals surface area contributed by atoms with Crippen molar-refractivity contribution < 1.29 is 9.21 Å². The molecule has 1 heterocycles. The summed E-state index contributed by atoms with van der Waals surface area (Å²) >= 11 is 0. The third kappa shape index (κ3) is 2.49. The summed E-state index contributed by atoms with van der Waals surface area (Å²) in [5.41, 5.74) is 7.84. The number of nitrogens with two attached hydrogens (primary N) is 1. The van der Waals surface area contributed by atoms with E-state index in [1.54, 1.807) is 0 Å². The maximum atomic E-state index is 12.3. The molecule has 2 rings (SSSR count). The van der Waals surface area contributed by atoms with Crippen LogP contribution in [0.4, 0.5) is 0 Å². The predicted octanol–water partition coefficient (Wildman–Crippen LogP) is 2.52. The van der Waals surface area contributed by atoms with Crippen molar-refractivity contribution in [3.05, 3.63) is 35.1 Å². The van der Waals surface area contributed by atoms with Gasteiger partial charge in [-0.3, -0.25) is 4.79 Å². The summed E-state index contributed by atoms with van der Waals surface area (Å²) in [5, 5.41) is 3.87. The molecule has 0 aliphatic rings. The minimum atomic E-state index is -0.447. The fourth-order valence-electron chi connectivity index (χ4n) is 2.02. The molecule has 0 aliphatic carbocycles. The molecule has 1 amide bonds. The maximum Gasteiger partial charge on any atom is 0.287 e. The molecule has 19 heavy (non-hydrogen) atoms. The lowest BCUT2D eigenvalue weighted by Crippen LogP contribution is -2.48. The second-order valence-electron chi connectivity index (χ2n) is 5.55. The lowest BCUT2D eigenvalue weighted by Gasteiger charge is -2.23. The van der Waals surface area contributed by atoms with Gasteiger partial charge in [-0.05, 0) is 33.3 Å². The van der Waals surface area contributed by atoms with Gasteiger partial charge in [0.25, 0.3) is 5.91 Å². The van der Waals surface area contributed by atoms with Gasteiger partial charge in [0.15, 0.2) is 5.76 Å². The number of benzene rings is 1. The van der Waals surface area contributed by atoms with Gasteiger partial charge in [0.05, 0.1) is 0 Å². The van der Waals surface area contributed by atoms with E-state index in [9.17, 15) is 4.79 Å². The van der Waals surface area contributed by atoms with Gasteiger partial charge in [0, 0.05) is 23.0 Å². The van der Waals surface area contributed by atoms with Crippen LogP contribution >= 0.6 is 0 Å². The van der Waals surface area contributed by atoms with Crippen LogP contribution in [0.1, 0.15) is 35.5 Å². The average molecular weight is 260 g/mol. The number of hydrogen-bond donors (Lipinski definition) is 2. The molecule has 0 radical (unpaired) electrons. The quantitative estimate of drug-likeness (QED) is 0.891. The third-order valence-corrected chi connectivity index (χ3v) is 3.33. The number of hydrogen-bond acceptors (Lipinski definition) is 3. The summed E-state index contributed by atoms with van der Waals surface area (Å²) in [6.07, 6.45) is 0. The van der Waals surface area contributed by atoms with Crippen molar-refractivity contribution in [1.29, 1.82) is 0 Å². The van der Waals surface area contributed by atoms with E-state index in [1.807, 2.05) is 45.9 Å². The number of fused-ring (bicyclic) bond motifs is 1. The van der Waals surface area contributed by atoms with E-state index < -0.39 is 5.54 Å². The lowest BCUT2D eigenvalue weighted by atomic mass is 10.1. The zero-order valence-electron chi connectivity index (χ0n) is 11.8. The van der Waals surface area contributed by atoms with Gasteiger partial charge in [0.1, 0.15) is 5.58 Å². The van der Waals surface area contributed by atoms with Crippen LogP contribution < -0.4 is 11.1 Å². The van der Waals surface area contributed by atoms with E-state index in [0.29, 0.717) is 12.3 Å². The molecule has 4 heteroatoms. The first kappa shape index (κ1) is 13.6. The maximum absolute atomic E-state index is 12.3. The Labute approximate surface area is 113 Å². The molecule has 1 aromatic carbocycles. The number of aryl methyl sites for hydroxylation is 2. The summed E-state index contributed by atoms with van der Waals surface area (Å²) < 4.78 is 5.73. The minimum Gasteiger partial charge on any atom is -0.450 e. The van der Waals surface area contributed by atoms with E-state index >= 15 is 0 Å². The molecule has 3 N–H and O–H groups in total. The highest BCUT2D eigenvalue weighted by atomic mass is 16.3. The first-order valence-electron chi connectivity index (χ1n) is 6.37. The van der Waals surface area contributed by atoms with E-state index in [-0.39, 0.29) is 5.91 Å². The Balaban J connectivity index is 2.44. The molecule has 0 aliphatic heterocycles. The fourth-order valence-corrected chi connectivity index (χ4v) is 2.02. The Morgan fingerprint density at radius 3 is 2.63 bits per heavy atom. The highest BCUT2D eigenvalue weighted by Crippen LogP contribution is 2.27. The van der Waals surface area contributed by atoms with E-state index in [2.05, 4.69) is 5.32 Å². The van der Waals surface area contributed by atoms with Crippen molar-refractivity contribution >= 4 is 16.9 Å². The summed E-state index contributed by atoms with van der Waals surface area (Å²) in [7, 11) is 0. The Kier molecular flexibility index (Phi) is 3.37. The van der Waals surface area contributed by atoms with Gasteiger partial charge in [-0.15, -0.1) is 0 Å². The smallest absolute Gasteiger partial charge is 0.287 e. The SMILES string of the molecule is Cc1c(C(=O)NC(C)(C)CN)oc2c(C)cccc12. The molecular formula is C15H20N2O2. The van der Waals surface area contributed by atoms with Crippen LogP contribution in [0, 0.1) is 13.8 Å². The number of rotatable bonds is 3. The lowest BCUT2D eigenvalue weighted by molar-refractivity contribution is 0.0888. The molecule has 0 fully saturated rings. The summed E-state index contributed by atoms with van der Waals surface area (Å²) in [5.74, 6) is 0.148. The van der Waals surface area contributed by atoms with Gasteiger partial charge in [-0.2, -0.15) is 0 Å². The molecule has 0 saturated carbocycles. The highest BCUT2D eigenvalue weighted by Gasteiger charge is 2.24. The summed E-state index contributed by atoms with van der Waals surface area (Å²) in [6, 6.07) is 5.90. The molecular weight excluding hydrogens is 240 g/mol. The fraction of sp³-hybridized carbons (Fsp3) is 0.400. The minimum absolute atomic E-state index is 0.219. The number of furan rings is 1. The number of para-hydroxylation sites is 1.